The lowest BCUT2D eigenvalue weighted by molar-refractivity contribution is -0.384. The fraction of sp³-hybridized carbons (Fsp3) is 0.375. The van der Waals surface area contributed by atoms with Crippen molar-refractivity contribution in [2.75, 3.05) is 11.9 Å². The maximum atomic E-state index is 10.7. The van der Waals surface area contributed by atoms with Crippen molar-refractivity contribution in [2.45, 2.75) is 32.1 Å². The molecule has 3 rings (SSSR count). The van der Waals surface area contributed by atoms with Crippen molar-refractivity contribution in [3.63, 3.8) is 0 Å². The lowest BCUT2D eigenvalue weighted by Gasteiger charge is -2.07. The van der Waals surface area contributed by atoms with Crippen LogP contribution in [0.5, 0.6) is 0 Å². The number of nitrogens with zero attached hydrogens (tertiary/aromatic N) is 3. The zero-order chi connectivity index (χ0) is 16.2. The third-order valence-corrected chi connectivity index (χ3v) is 5.10. The molecule has 1 aromatic carbocycles. The van der Waals surface area contributed by atoms with Crippen LogP contribution in [0, 0.1) is 21.4 Å². The van der Waals surface area contributed by atoms with Gasteiger partial charge < -0.3 is 5.32 Å². The number of rotatable bonds is 5. The molecule has 0 amide bonds. The van der Waals surface area contributed by atoms with E-state index in [0.717, 1.165) is 24.3 Å². The third-order valence-electron chi connectivity index (χ3n) is 3.88. The second-order valence-electron chi connectivity index (χ2n) is 5.46. The highest BCUT2D eigenvalue weighted by atomic mass is 32.1. The van der Waals surface area contributed by atoms with Crippen LogP contribution in [-0.4, -0.2) is 16.5 Å². The monoisotopic (exact) mass is 328 g/mol. The minimum absolute atomic E-state index is 0.0697. The number of aromatic nitrogens is 1. The first-order chi connectivity index (χ1) is 11.2. The molecular formula is C16H16N4O2S. The van der Waals surface area contributed by atoms with Crippen LogP contribution >= 0.6 is 11.3 Å². The lowest BCUT2D eigenvalue weighted by atomic mass is 10.0. The minimum Gasteiger partial charge on any atom is -0.384 e. The summed E-state index contributed by atoms with van der Waals surface area (Å²) < 4.78 is 0. The Balaban J connectivity index is 1.63. The molecule has 1 aliphatic carbocycles. The van der Waals surface area contributed by atoms with E-state index in [2.05, 4.69) is 10.3 Å². The number of nitro groups is 1. The highest BCUT2D eigenvalue weighted by Gasteiger charge is 2.15. The molecule has 0 saturated carbocycles. The number of nitriles is 1. The van der Waals surface area contributed by atoms with Crippen molar-refractivity contribution in [1.82, 2.24) is 4.98 Å². The summed E-state index contributed by atoms with van der Waals surface area (Å²) in [7, 11) is 0. The van der Waals surface area contributed by atoms with Gasteiger partial charge in [0.15, 0.2) is 0 Å². The van der Waals surface area contributed by atoms with Crippen LogP contribution in [0.15, 0.2) is 18.2 Å². The van der Waals surface area contributed by atoms with E-state index in [1.54, 1.807) is 17.4 Å². The summed E-state index contributed by atoms with van der Waals surface area (Å²) >= 11 is 1.78. The van der Waals surface area contributed by atoms with E-state index in [4.69, 9.17) is 5.26 Å². The number of thiazole rings is 1. The molecule has 0 fully saturated rings. The third kappa shape index (κ3) is 3.48. The molecule has 0 spiro atoms. The molecule has 6 nitrogen and oxygen atoms in total. The molecule has 1 aromatic heterocycles. The molecule has 0 aliphatic heterocycles. The average molecular weight is 328 g/mol. The van der Waals surface area contributed by atoms with Crippen LogP contribution in [0.1, 0.15) is 34.0 Å². The van der Waals surface area contributed by atoms with Crippen molar-refractivity contribution in [3.05, 3.63) is 49.5 Å². The Labute approximate surface area is 137 Å². The maximum Gasteiger partial charge on any atom is 0.270 e. The number of nitrogens with one attached hydrogen (secondary N) is 1. The summed E-state index contributed by atoms with van der Waals surface area (Å²) in [5.41, 5.74) is 2.10. The summed E-state index contributed by atoms with van der Waals surface area (Å²) in [6.45, 7) is 0.652. The smallest absolute Gasteiger partial charge is 0.270 e. The van der Waals surface area contributed by atoms with Crippen molar-refractivity contribution in [1.29, 1.82) is 5.26 Å². The SMILES string of the molecule is N#Cc1cc([N+](=O)[O-])ccc1NCCc1nc2c(s1)CCCC2. The van der Waals surface area contributed by atoms with Crippen molar-refractivity contribution in [2.24, 2.45) is 0 Å². The van der Waals surface area contributed by atoms with Gasteiger partial charge in [-0.2, -0.15) is 5.26 Å². The van der Waals surface area contributed by atoms with Gasteiger partial charge in [-0.1, -0.05) is 0 Å². The lowest BCUT2D eigenvalue weighted by Crippen LogP contribution is -2.06. The summed E-state index contributed by atoms with van der Waals surface area (Å²) in [5, 5.41) is 24.2. The highest BCUT2D eigenvalue weighted by molar-refractivity contribution is 7.11. The molecule has 0 radical (unpaired) electrons. The van der Waals surface area contributed by atoms with E-state index in [-0.39, 0.29) is 11.3 Å². The Morgan fingerprint density at radius 3 is 2.96 bits per heavy atom. The van der Waals surface area contributed by atoms with E-state index in [1.165, 1.54) is 35.5 Å². The molecule has 1 N–H and O–H groups in total. The van der Waals surface area contributed by atoms with Gasteiger partial charge >= 0.3 is 0 Å². The van der Waals surface area contributed by atoms with Gasteiger partial charge in [-0.25, -0.2) is 4.98 Å². The quantitative estimate of drug-likeness (QED) is 0.670. The van der Waals surface area contributed by atoms with Gasteiger partial charge in [0.05, 0.1) is 26.9 Å². The number of hydrogen-bond acceptors (Lipinski definition) is 6. The van der Waals surface area contributed by atoms with Gasteiger partial charge in [0.25, 0.3) is 5.69 Å². The Bertz CT molecular complexity index is 755. The number of aryl methyl sites for hydroxylation is 2. The number of fused-ring (bicyclic) bond motifs is 1. The van der Waals surface area contributed by atoms with Gasteiger partial charge in [-0.05, 0) is 31.7 Å². The Hall–Kier alpha value is -2.46. The highest BCUT2D eigenvalue weighted by Crippen LogP contribution is 2.27. The largest absolute Gasteiger partial charge is 0.384 e. The zero-order valence-corrected chi connectivity index (χ0v) is 13.4. The summed E-state index contributed by atoms with van der Waals surface area (Å²) in [4.78, 5) is 16.4. The fourth-order valence-corrected chi connectivity index (χ4v) is 3.87. The number of non-ortho nitro benzene ring substituents is 1. The Morgan fingerprint density at radius 2 is 2.22 bits per heavy atom. The molecule has 23 heavy (non-hydrogen) atoms. The molecule has 0 atom stereocenters. The zero-order valence-electron chi connectivity index (χ0n) is 12.5. The number of anilines is 1. The molecular weight excluding hydrogens is 312 g/mol. The van der Waals surface area contributed by atoms with Crippen LogP contribution in [0.25, 0.3) is 0 Å². The number of benzene rings is 1. The Kier molecular flexibility index (Phi) is 4.53. The molecule has 1 aliphatic rings. The first-order valence-corrected chi connectivity index (χ1v) is 8.39. The number of hydrogen-bond donors (Lipinski definition) is 1. The first kappa shape index (κ1) is 15.4. The van der Waals surface area contributed by atoms with Crippen molar-refractivity contribution < 1.29 is 4.92 Å². The van der Waals surface area contributed by atoms with Crippen molar-refractivity contribution in [3.8, 4) is 6.07 Å². The molecule has 2 aromatic rings. The van der Waals surface area contributed by atoms with Crippen LogP contribution in [-0.2, 0) is 19.3 Å². The predicted octanol–water partition coefficient (Wildman–Crippen LogP) is 3.46. The second-order valence-corrected chi connectivity index (χ2v) is 6.63. The van der Waals surface area contributed by atoms with Gasteiger partial charge in [0, 0.05) is 30.0 Å². The predicted molar refractivity (Wildman–Crippen MR) is 88.8 cm³/mol. The van der Waals surface area contributed by atoms with E-state index in [9.17, 15) is 10.1 Å². The summed E-state index contributed by atoms with van der Waals surface area (Å²) in [6, 6.07) is 6.29. The van der Waals surface area contributed by atoms with Gasteiger partial charge in [0.2, 0.25) is 0 Å². The molecule has 0 unspecified atom stereocenters. The average Bonchev–Trinajstić information content (AvgIpc) is 2.97. The minimum atomic E-state index is -0.495. The second kappa shape index (κ2) is 6.75. The van der Waals surface area contributed by atoms with E-state index in [0.29, 0.717) is 12.2 Å². The van der Waals surface area contributed by atoms with E-state index < -0.39 is 4.92 Å². The molecule has 0 bridgehead atoms. The molecule has 0 saturated heterocycles. The molecule has 118 valence electrons. The van der Waals surface area contributed by atoms with Crippen LogP contribution in [0.4, 0.5) is 11.4 Å². The number of nitro benzene ring substituents is 1. The van der Waals surface area contributed by atoms with Gasteiger partial charge in [-0.15, -0.1) is 11.3 Å². The summed E-state index contributed by atoms with van der Waals surface area (Å²) in [6.07, 6.45) is 5.49. The topological polar surface area (TPSA) is 91.8 Å². The first-order valence-electron chi connectivity index (χ1n) is 7.57. The van der Waals surface area contributed by atoms with Gasteiger partial charge in [-0.3, -0.25) is 10.1 Å². The van der Waals surface area contributed by atoms with Gasteiger partial charge in [0.1, 0.15) is 6.07 Å². The van der Waals surface area contributed by atoms with Crippen LogP contribution in [0.3, 0.4) is 0 Å². The molecule has 7 heteroatoms. The fourth-order valence-electron chi connectivity index (χ4n) is 2.71. The van der Waals surface area contributed by atoms with E-state index >= 15 is 0 Å². The van der Waals surface area contributed by atoms with Crippen LogP contribution < -0.4 is 5.32 Å². The molecule has 1 heterocycles. The Morgan fingerprint density at radius 1 is 1.39 bits per heavy atom. The van der Waals surface area contributed by atoms with Crippen molar-refractivity contribution >= 4 is 22.7 Å². The summed E-state index contributed by atoms with van der Waals surface area (Å²) in [5.74, 6) is 0. The van der Waals surface area contributed by atoms with E-state index in [1.807, 2.05) is 6.07 Å². The maximum absolute atomic E-state index is 10.7. The standard InChI is InChI=1S/C16H16N4O2S/c17-10-11-9-12(20(21)22)5-6-13(11)18-8-7-16-19-14-3-1-2-4-15(14)23-16/h5-6,9,18H,1-4,7-8H2. The van der Waals surface area contributed by atoms with Crippen LogP contribution in [0.2, 0.25) is 0 Å². The normalized spacial score (nSPS) is 13.2.